The van der Waals surface area contributed by atoms with Crippen LogP contribution in [0.1, 0.15) is 22.4 Å². The van der Waals surface area contributed by atoms with Crippen molar-refractivity contribution in [1.29, 1.82) is 0 Å². The van der Waals surface area contributed by atoms with Crippen LogP contribution >= 0.6 is 15.9 Å². The van der Waals surface area contributed by atoms with Crippen LogP contribution in [0.25, 0.3) is 0 Å². The van der Waals surface area contributed by atoms with E-state index in [1.807, 2.05) is 19.3 Å². The first-order valence-electron chi connectivity index (χ1n) is 5.41. The molecule has 1 atom stereocenters. The zero-order valence-corrected chi connectivity index (χ0v) is 11.3. The third kappa shape index (κ3) is 2.83. The Morgan fingerprint density at radius 1 is 1.56 bits per heavy atom. The minimum absolute atomic E-state index is 0.134. The van der Waals surface area contributed by atoms with Crippen molar-refractivity contribution in [1.82, 2.24) is 9.88 Å². The van der Waals surface area contributed by atoms with Crippen LogP contribution in [0.5, 0.6) is 0 Å². The molecule has 0 aliphatic rings. The summed E-state index contributed by atoms with van der Waals surface area (Å²) in [5.41, 5.74) is 0.746. The van der Waals surface area contributed by atoms with Gasteiger partial charge in [-0.05, 0) is 40.2 Å². The number of nitrogens with one attached hydrogen (secondary N) is 1. The van der Waals surface area contributed by atoms with Gasteiger partial charge in [-0.1, -0.05) is 0 Å². The highest BCUT2D eigenvalue weighted by molar-refractivity contribution is 9.10. The molecule has 2 heterocycles. The van der Waals surface area contributed by atoms with Gasteiger partial charge in [-0.2, -0.15) is 0 Å². The van der Waals surface area contributed by atoms with E-state index in [1.165, 1.54) is 0 Å². The van der Waals surface area contributed by atoms with E-state index in [0.29, 0.717) is 4.67 Å². The molecule has 0 spiro atoms. The summed E-state index contributed by atoms with van der Waals surface area (Å²) in [5.74, 6) is -0.144. The number of nitrogens with zero attached hydrogens (tertiary/aromatic N) is 1. The van der Waals surface area contributed by atoms with E-state index in [-0.39, 0.29) is 18.2 Å². The number of carbonyl (C=O) groups excluding carboxylic acids is 1. The molecule has 2 aromatic heterocycles. The van der Waals surface area contributed by atoms with Gasteiger partial charge in [0, 0.05) is 25.5 Å². The largest absolute Gasteiger partial charge is 0.444 e. The standard InChI is InChI=1S/C12H13BrN2O3/c1-15-6-2-3-8(15)9(16)7-14-12(17)10-4-5-11(13)18-10/h2-6,9,16H,7H2,1H3,(H,14,17). The summed E-state index contributed by atoms with van der Waals surface area (Å²) in [6, 6.07) is 6.85. The lowest BCUT2D eigenvalue weighted by atomic mass is 10.2. The molecular weight excluding hydrogens is 300 g/mol. The second-order valence-corrected chi connectivity index (χ2v) is 4.66. The van der Waals surface area contributed by atoms with Crippen molar-refractivity contribution in [2.45, 2.75) is 6.10 Å². The first-order chi connectivity index (χ1) is 8.58. The maximum Gasteiger partial charge on any atom is 0.287 e. The summed E-state index contributed by atoms with van der Waals surface area (Å²) >= 11 is 3.12. The summed E-state index contributed by atoms with van der Waals surface area (Å²) in [6.07, 6.45) is 1.09. The van der Waals surface area contributed by atoms with Crippen LogP contribution in [0.4, 0.5) is 0 Å². The highest BCUT2D eigenvalue weighted by atomic mass is 79.9. The van der Waals surface area contributed by atoms with Crippen LogP contribution < -0.4 is 5.32 Å². The van der Waals surface area contributed by atoms with E-state index >= 15 is 0 Å². The minimum atomic E-state index is -0.743. The lowest BCUT2D eigenvalue weighted by Gasteiger charge is -2.12. The molecule has 0 bridgehead atoms. The third-order valence-corrected chi connectivity index (χ3v) is 3.00. The number of halogens is 1. The number of aliphatic hydroxyl groups excluding tert-OH is 1. The molecule has 6 heteroatoms. The average molecular weight is 313 g/mol. The zero-order valence-electron chi connectivity index (χ0n) is 9.76. The summed E-state index contributed by atoms with van der Waals surface area (Å²) in [6.45, 7) is 0.134. The minimum Gasteiger partial charge on any atom is -0.444 e. The number of aryl methyl sites for hydroxylation is 1. The number of hydrogen-bond acceptors (Lipinski definition) is 3. The second kappa shape index (κ2) is 5.41. The van der Waals surface area contributed by atoms with Crippen LogP contribution in [0.2, 0.25) is 0 Å². The number of hydrogen-bond donors (Lipinski definition) is 2. The highest BCUT2D eigenvalue weighted by Gasteiger charge is 2.14. The third-order valence-electron chi connectivity index (χ3n) is 2.58. The van der Waals surface area contributed by atoms with Gasteiger partial charge in [0.2, 0.25) is 0 Å². The van der Waals surface area contributed by atoms with Gasteiger partial charge >= 0.3 is 0 Å². The molecule has 5 nitrogen and oxygen atoms in total. The van der Waals surface area contributed by atoms with Crippen molar-refractivity contribution in [2.75, 3.05) is 6.54 Å². The lowest BCUT2D eigenvalue weighted by molar-refractivity contribution is 0.0884. The van der Waals surface area contributed by atoms with E-state index < -0.39 is 6.10 Å². The van der Waals surface area contributed by atoms with E-state index in [0.717, 1.165) is 5.69 Å². The highest BCUT2D eigenvalue weighted by Crippen LogP contribution is 2.15. The SMILES string of the molecule is Cn1cccc1C(O)CNC(=O)c1ccc(Br)o1. The summed E-state index contributed by atoms with van der Waals surface area (Å²) in [7, 11) is 1.84. The molecule has 0 aliphatic heterocycles. The van der Waals surface area contributed by atoms with Crippen LogP contribution in [-0.2, 0) is 7.05 Å². The first kappa shape index (κ1) is 12.9. The molecule has 0 saturated heterocycles. The predicted octanol–water partition coefficient (Wildman–Crippen LogP) is 1.84. The molecule has 18 heavy (non-hydrogen) atoms. The smallest absolute Gasteiger partial charge is 0.287 e. The van der Waals surface area contributed by atoms with Crippen molar-refractivity contribution < 1.29 is 14.3 Å². The summed E-state index contributed by atoms with van der Waals surface area (Å²) < 4.78 is 7.41. The molecule has 0 aliphatic carbocycles. The van der Waals surface area contributed by atoms with Gasteiger partial charge in [0.25, 0.3) is 5.91 Å². The van der Waals surface area contributed by atoms with Gasteiger partial charge in [-0.15, -0.1) is 0 Å². The van der Waals surface area contributed by atoms with Crippen molar-refractivity contribution in [3.63, 3.8) is 0 Å². The Hall–Kier alpha value is -1.53. The fraction of sp³-hybridized carbons (Fsp3) is 0.250. The Morgan fingerprint density at radius 2 is 2.33 bits per heavy atom. The number of amides is 1. The molecule has 2 aromatic rings. The Kier molecular flexibility index (Phi) is 3.88. The Balaban J connectivity index is 1.92. The average Bonchev–Trinajstić information content (AvgIpc) is 2.94. The van der Waals surface area contributed by atoms with Crippen LogP contribution in [0.15, 0.2) is 39.5 Å². The number of aromatic nitrogens is 1. The van der Waals surface area contributed by atoms with Gasteiger partial charge in [0.1, 0.15) is 6.10 Å². The molecular formula is C12H13BrN2O3. The van der Waals surface area contributed by atoms with Gasteiger partial charge in [-0.3, -0.25) is 4.79 Å². The molecule has 0 radical (unpaired) electrons. The number of carbonyl (C=O) groups is 1. The predicted molar refractivity (Wildman–Crippen MR) is 69.1 cm³/mol. The fourth-order valence-corrected chi connectivity index (χ4v) is 1.94. The number of furan rings is 1. The summed E-state index contributed by atoms with van der Waals surface area (Å²) in [4.78, 5) is 11.7. The van der Waals surface area contributed by atoms with Crippen molar-refractivity contribution in [3.05, 3.63) is 46.6 Å². The Labute approximate surface area is 113 Å². The number of aliphatic hydroxyl groups is 1. The molecule has 1 amide bonds. The van der Waals surface area contributed by atoms with Gasteiger partial charge in [0.15, 0.2) is 10.4 Å². The molecule has 0 saturated carbocycles. The van der Waals surface area contributed by atoms with E-state index in [9.17, 15) is 9.90 Å². The molecule has 96 valence electrons. The molecule has 0 aromatic carbocycles. The first-order valence-corrected chi connectivity index (χ1v) is 6.20. The Morgan fingerprint density at radius 3 is 2.89 bits per heavy atom. The fourth-order valence-electron chi connectivity index (χ4n) is 1.64. The van der Waals surface area contributed by atoms with E-state index in [1.54, 1.807) is 22.8 Å². The maximum absolute atomic E-state index is 11.7. The van der Waals surface area contributed by atoms with Crippen LogP contribution in [-0.4, -0.2) is 22.1 Å². The van der Waals surface area contributed by atoms with Gasteiger partial charge in [-0.25, -0.2) is 0 Å². The van der Waals surface area contributed by atoms with E-state index in [2.05, 4.69) is 21.2 Å². The van der Waals surface area contributed by atoms with Gasteiger partial charge < -0.3 is 19.4 Å². The van der Waals surface area contributed by atoms with Gasteiger partial charge in [0.05, 0.1) is 0 Å². The quantitative estimate of drug-likeness (QED) is 0.905. The maximum atomic E-state index is 11.7. The lowest BCUT2D eigenvalue weighted by Crippen LogP contribution is -2.28. The normalized spacial score (nSPS) is 12.4. The van der Waals surface area contributed by atoms with Crippen molar-refractivity contribution >= 4 is 21.8 Å². The molecule has 2 rings (SSSR count). The number of rotatable bonds is 4. The van der Waals surface area contributed by atoms with Crippen molar-refractivity contribution in [2.24, 2.45) is 7.05 Å². The topological polar surface area (TPSA) is 67.4 Å². The second-order valence-electron chi connectivity index (χ2n) is 3.87. The monoisotopic (exact) mass is 312 g/mol. The molecule has 0 fully saturated rings. The van der Waals surface area contributed by atoms with Crippen LogP contribution in [0, 0.1) is 0 Å². The molecule has 1 unspecified atom stereocenters. The van der Waals surface area contributed by atoms with Crippen LogP contribution in [0.3, 0.4) is 0 Å². The van der Waals surface area contributed by atoms with E-state index in [4.69, 9.17) is 4.42 Å². The molecule has 2 N–H and O–H groups in total. The Bertz CT molecular complexity index is 547. The summed E-state index contributed by atoms with van der Waals surface area (Å²) in [5, 5.41) is 12.5. The van der Waals surface area contributed by atoms with Crippen molar-refractivity contribution in [3.8, 4) is 0 Å². The zero-order chi connectivity index (χ0) is 13.1.